The van der Waals surface area contributed by atoms with E-state index in [4.69, 9.17) is 4.74 Å². The third-order valence-electron chi connectivity index (χ3n) is 4.86. The number of hydrogen-bond acceptors (Lipinski definition) is 4. The van der Waals surface area contributed by atoms with Crippen LogP contribution in [0.2, 0.25) is 0 Å². The average Bonchev–Trinajstić information content (AvgIpc) is 2.61. The molecular formula is C19H23FN2O3S. The monoisotopic (exact) mass is 378 g/mol. The van der Waals surface area contributed by atoms with Gasteiger partial charge in [0.2, 0.25) is 0 Å². The third kappa shape index (κ3) is 3.68. The van der Waals surface area contributed by atoms with Crippen molar-refractivity contribution in [3.63, 3.8) is 0 Å². The SMILES string of the molecule is COc1ccc(NS(=O)(=O)c2cccc(F)c2)c2c1C[C@@H](N(C)C)CC2. The maximum absolute atomic E-state index is 13.4. The first-order chi connectivity index (χ1) is 12.3. The van der Waals surface area contributed by atoms with Gasteiger partial charge in [0.15, 0.2) is 0 Å². The standard InChI is InChI=1S/C19H23FN2O3S/c1-22(2)14-7-8-16-17(12-14)19(25-3)10-9-18(16)21-26(23,24)15-6-4-5-13(20)11-15/h4-6,9-11,14,21H,7-8,12H2,1-3H3/t14-/m0/s1. The van der Waals surface area contributed by atoms with E-state index < -0.39 is 15.8 Å². The number of likely N-dealkylation sites (N-methyl/N-ethyl adjacent to an activating group) is 1. The van der Waals surface area contributed by atoms with Crippen LogP contribution >= 0.6 is 0 Å². The Morgan fingerprint density at radius 3 is 2.62 bits per heavy atom. The van der Waals surface area contributed by atoms with Crippen LogP contribution in [0.15, 0.2) is 41.3 Å². The molecule has 0 amide bonds. The van der Waals surface area contributed by atoms with Crippen LogP contribution in [-0.4, -0.2) is 40.6 Å². The minimum atomic E-state index is -3.86. The van der Waals surface area contributed by atoms with Gasteiger partial charge in [0.05, 0.1) is 17.7 Å². The Labute approximate surface area is 153 Å². The first-order valence-corrected chi connectivity index (χ1v) is 9.93. The fraction of sp³-hybridized carbons (Fsp3) is 0.368. The van der Waals surface area contributed by atoms with Crippen molar-refractivity contribution in [2.24, 2.45) is 0 Å². The molecule has 0 heterocycles. The smallest absolute Gasteiger partial charge is 0.262 e. The molecule has 3 rings (SSSR count). The van der Waals surface area contributed by atoms with Crippen LogP contribution in [0.25, 0.3) is 0 Å². The van der Waals surface area contributed by atoms with E-state index in [1.165, 1.54) is 18.2 Å². The number of ether oxygens (including phenoxy) is 1. The fourth-order valence-corrected chi connectivity index (χ4v) is 4.52. The molecular weight excluding hydrogens is 355 g/mol. The molecule has 0 aliphatic heterocycles. The number of nitrogens with zero attached hydrogens (tertiary/aromatic N) is 1. The van der Waals surface area contributed by atoms with Crippen LogP contribution in [0.5, 0.6) is 5.75 Å². The molecule has 1 aliphatic rings. The second kappa shape index (κ2) is 7.25. The van der Waals surface area contributed by atoms with Crippen LogP contribution in [0.4, 0.5) is 10.1 Å². The van der Waals surface area contributed by atoms with Gasteiger partial charge in [-0.25, -0.2) is 12.8 Å². The van der Waals surface area contributed by atoms with E-state index in [1.807, 2.05) is 14.1 Å². The Morgan fingerprint density at radius 2 is 1.96 bits per heavy atom. The summed E-state index contributed by atoms with van der Waals surface area (Å²) in [5.41, 5.74) is 2.50. The number of rotatable bonds is 5. The summed E-state index contributed by atoms with van der Waals surface area (Å²) >= 11 is 0. The zero-order chi connectivity index (χ0) is 18.9. The van der Waals surface area contributed by atoms with Gasteiger partial charge in [-0.2, -0.15) is 0 Å². The Morgan fingerprint density at radius 1 is 1.19 bits per heavy atom. The fourth-order valence-electron chi connectivity index (χ4n) is 3.39. The molecule has 1 aliphatic carbocycles. The number of benzene rings is 2. The Hall–Kier alpha value is -2.12. The number of nitrogens with one attached hydrogen (secondary N) is 1. The molecule has 0 unspecified atom stereocenters. The summed E-state index contributed by atoms with van der Waals surface area (Å²) < 4.78 is 46.8. The van der Waals surface area contributed by atoms with Gasteiger partial charge in [0, 0.05) is 11.6 Å². The van der Waals surface area contributed by atoms with E-state index in [1.54, 1.807) is 19.2 Å². The van der Waals surface area contributed by atoms with Gasteiger partial charge < -0.3 is 9.64 Å². The van der Waals surface area contributed by atoms with Gasteiger partial charge in [0.1, 0.15) is 11.6 Å². The normalized spacial score (nSPS) is 17.0. The maximum atomic E-state index is 13.4. The third-order valence-corrected chi connectivity index (χ3v) is 6.22. The summed E-state index contributed by atoms with van der Waals surface area (Å²) in [5.74, 6) is 0.179. The lowest BCUT2D eigenvalue weighted by Gasteiger charge is -2.32. The van der Waals surface area contributed by atoms with Gasteiger partial charge in [-0.3, -0.25) is 4.72 Å². The van der Waals surface area contributed by atoms with Crippen LogP contribution in [0.3, 0.4) is 0 Å². The largest absolute Gasteiger partial charge is 0.496 e. The second-order valence-corrected chi connectivity index (χ2v) is 8.38. The lowest BCUT2D eigenvalue weighted by Crippen LogP contribution is -2.34. The zero-order valence-electron chi connectivity index (χ0n) is 15.1. The molecule has 2 aromatic rings. The Kier molecular flexibility index (Phi) is 5.20. The van der Waals surface area contributed by atoms with E-state index in [0.29, 0.717) is 11.7 Å². The van der Waals surface area contributed by atoms with Crippen molar-refractivity contribution in [1.29, 1.82) is 0 Å². The highest BCUT2D eigenvalue weighted by Gasteiger charge is 2.27. The van der Waals surface area contributed by atoms with Crippen molar-refractivity contribution in [2.45, 2.75) is 30.2 Å². The number of sulfonamides is 1. The molecule has 1 atom stereocenters. The number of methoxy groups -OCH3 is 1. The topological polar surface area (TPSA) is 58.6 Å². The van der Waals surface area contributed by atoms with Crippen LogP contribution < -0.4 is 9.46 Å². The van der Waals surface area contributed by atoms with Gasteiger partial charge in [-0.1, -0.05) is 6.07 Å². The molecule has 5 nitrogen and oxygen atoms in total. The molecule has 0 saturated heterocycles. The quantitative estimate of drug-likeness (QED) is 0.869. The van der Waals surface area contributed by atoms with Crippen molar-refractivity contribution < 1.29 is 17.5 Å². The molecule has 2 aromatic carbocycles. The highest BCUT2D eigenvalue weighted by Crippen LogP contribution is 2.36. The van der Waals surface area contributed by atoms with E-state index in [2.05, 4.69) is 9.62 Å². The number of halogens is 1. The lowest BCUT2D eigenvalue weighted by molar-refractivity contribution is 0.265. The maximum Gasteiger partial charge on any atom is 0.262 e. The molecule has 0 fully saturated rings. The highest BCUT2D eigenvalue weighted by molar-refractivity contribution is 7.92. The molecule has 26 heavy (non-hydrogen) atoms. The molecule has 0 bridgehead atoms. The number of hydrogen-bond donors (Lipinski definition) is 1. The minimum absolute atomic E-state index is 0.0935. The van der Waals surface area contributed by atoms with E-state index in [-0.39, 0.29) is 4.90 Å². The Bertz CT molecular complexity index is 913. The van der Waals surface area contributed by atoms with E-state index in [0.717, 1.165) is 42.2 Å². The van der Waals surface area contributed by atoms with Crippen LogP contribution in [0, 0.1) is 5.82 Å². The van der Waals surface area contributed by atoms with Gasteiger partial charge >= 0.3 is 0 Å². The number of fused-ring (bicyclic) bond motifs is 1. The molecule has 0 radical (unpaired) electrons. The van der Waals surface area contributed by atoms with Gasteiger partial charge in [-0.05, 0) is 69.3 Å². The summed E-state index contributed by atoms with van der Waals surface area (Å²) in [6, 6.07) is 8.87. The second-order valence-electron chi connectivity index (χ2n) is 6.70. The first kappa shape index (κ1) is 18.7. The summed E-state index contributed by atoms with van der Waals surface area (Å²) in [6.07, 6.45) is 2.47. The summed E-state index contributed by atoms with van der Waals surface area (Å²) in [4.78, 5) is 2.08. The van der Waals surface area contributed by atoms with Gasteiger partial charge in [-0.15, -0.1) is 0 Å². The minimum Gasteiger partial charge on any atom is -0.496 e. The zero-order valence-corrected chi connectivity index (χ0v) is 15.9. The summed E-state index contributed by atoms with van der Waals surface area (Å²) in [7, 11) is 1.84. The van der Waals surface area contributed by atoms with Crippen LogP contribution in [-0.2, 0) is 22.9 Å². The molecule has 1 N–H and O–H groups in total. The number of anilines is 1. The highest BCUT2D eigenvalue weighted by atomic mass is 32.2. The van der Waals surface area contributed by atoms with E-state index >= 15 is 0 Å². The lowest BCUT2D eigenvalue weighted by atomic mass is 9.86. The van der Waals surface area contributed by atoms with E-state index in [9.17, 15) is 12.8 Å². The molecule has 140 valence electrons. The van der Waals surface area contributed by atoms with Crippen LogP contribution in [0.1, 0.15) is 17.5 Å². The van der Waals surface area contributed by atoms with Gasteiger partial charge in [0.25, 0.3) is 10.0 Å². The van der Waals surface area contributed by atoms with Crippen molar-refractivity contribution in [2.75, 3.05) is 25.9 Å². The predicted molar refractivity (Wildman–Crippen MR) is 99.7 cm³/mol. The first-order valence-electron chi connectivity index (χ1n) is 8.45. The van der Waals surface area contributed by atoms with Crippen molar-refractivity contribution in [1.82, 2.24) is 4.90 Å². The molecule has 7 heteroatoms. The predicted octanol–water partition coefficient (Wildman–Crippen LogP) is 3.05. The van der Waals surface area contributed by atoms with Crippen molar-refractivity contribution in [3.05, 3.63) is 53.3 Å². The summed E-state index contributed by atoms with van der Waals surface area (Å²) in [5, 5.41) is 0. The summed E-state index contributed by atoms with van der Waals surface area (Å²) in [6.45, 7) is 0. The van der Waals surface area contributed by atoms with Crippen molar-refractivity contribution in [3.8, 4) is 5.75 Å². The molecule has 0 spiro atoms. The Balaban J connectivity index is 1.98. The van der Waals surface area contributed by atoms with Crippen molar-refractivity contribution >= 4 is 15.7 Å². The molecule has 0 saturated carbocycles. The average molecular weight is 378 g/mol. The molecule has 0 aromatic heterocycles.